The Morgan fingerprint density at radius 3 is 2.23 bits per heavy atom. The Bertz CT molecular complexity index is 776. The van der Waals surface area contributed by atoms with E-state index in [2.05, 4.69) is 13.0 Å². The molecule has 3 aliphatic rings. The molecule has 0 aromatic heterocycles. The van der Waals surface area contributed by atoms with Crippen molar-refractivity contribution in [1.29, 1.82) is 0 Å². The molecule has 3 saturated carbocycles. The second-order valence-electron chi connectivity index (χ2n) is 11.0. The average Bonchev–Trinajstić information content (AvgIpc) is 3.67. The van der Waals surface area contributed by atoms with Crippen molar-refractivity contribution in [2.24, 2.45) is 23.0 Å². The van der Waals surface area contributed by atoms with Crippen molar-refractivity contribution < 1.29 is 17.9 Å². The molecule has 0 aliphatic heterocycles. The van der Waals surface area contributed by atoms with Crippen molar-refractivity contribution in [2.75, 3.05) is 13.2 Å². The minimum absolute atomic E-state index is 0.357. The highest BCUT2D eigenvalue weighted by Crippen LogP contribution is 2.55. The van der Waals surface area contributed by atoms with Gasteiger partial charge in [-0.15, -0.1) is 0 Å². The summed E-state index contributed by atoms with van der Waals surface area (Å²) in [6, 6.07) is 5.73. The van der Waals surface area contributed by atoms with E-state index in [1.54, 1.807) is 12.1 Å². The smallest absolute Gasteiger partial charge is 0.416 e. The molecular formula is C30H46F3NO. The number of allylic oxidation sites excluding steroid dienone is 2. The molecule has 0 spiro atoms. The number of rotatable bonds is 8. The highest BCUT2D eigenvalue weighted by Gasteiger charge is 2.47. The van der Waals surface area contributed by atoms with Gasteiger partial charge in [0.2, 0.25) is 0 Å². The van der Waals surface area contributed by atoms with Crippen LogP contribution in [0, 0.1) is 17.3 Å². The molecule has 1 aromatic rings. The Kier molecular flexibility index (Phi) is 10.6. The van der Waals surface area contributed by atoms with Gasteiger partial charge in [-0.05, 0) is 112 Å². The number of hydrogen-bond acceptors (Lipinski definition) is 2. The summed E-state index contributed by atoms with van der Waals surface area (Å²) >= 11 is 0. The fourth-order valence-electron chi connectivity index (χ4n) is 6.28. The molecule has 1 aromatic carbocycles. The van der Waals surface area contributed by atoms with Gasteiger partial charge in [-0.3, -0.25) is 0 Å². The molecule has 4 rings (SSSR count). The van der Waals surface area contributed by atoms with Gasteiger partial charge in [0.15, 0.2) is 0 Å². The fraction of sp³-hybridized carbons (Fsp3) is 0.733. The maximum absolute atomic E-state index is 12.7. The summed E-state index contributed by atoms with van der Waals surface area (Å²) in [5, 5.41) is 0. The summed E-state index contributed by atoms with van der Waals surface area (Å²) in [6.45, 7) is 5.73. The molecular weight excluding hydrogens is 447 g/mol. The van der Waals surface area contributed by atoms with Gasteiger partial charge in [-0.2, -0.15) is 13.2 Å². The Morgan fingerprint density at radius 1 is 1.00 bits per heavy atom. The molecule has 2 N–H and O–H groups in total. The highest BCUT2D eigenvalue weighted by atomic mass is 19.4. The summed E-state index contributed by atoms with van der Waals surface area (Å²) < 4.78 is 43.8. The molecule has 2 unspecified atom stereocenters. The molecule has 2 nitrogen and oxygen atoms in total. The van der Waals surface area contributed by atoms with Crippen LogP contribution in [0.2, 0.25) is 0 Å². The molecule has 3 aliphatic carbocycles. The van der Waals surface area contributed by atoms with Crippen LogP contribution in [0.4, 0.5) is 13.2 Å². The number of hydrogen-bond donors (Lipinski definition) is 1. The van der Waals surface area contributed by atoms with Gasteiger partial charge < -0.3 is 10.5 Å². The van der Waals surface area contributed by atoms with E-state index in [0.717, 1.165) is 55.9 Å². The van der Waals surface area contributed by atoms with Crippen molar-refractivity contribution in [3.8, 4) is 0 Å². The molecule has 3 fully saturated rings. The van der Waals surface area contributed by atoms with E-state index in [0.29, 0.717) is 23.9 Å². The SMILES string of the molecule is CC/C=C(\CC1CCCC(c2ccc(C(F)(F)F)cc2)C1)OCC.NCC1(C2CCCCC2)CC1. The number of halogens is 3. The average molecular weight is 494 g/mol. The lowest BCUT2D eigenvalue weighted by atomic mass is 9.76. The van der Waals surface area contributed by atoms with Crippen LogP contribution >= 0.6 is 0 Å². The van der Waals surface area contributed by atoms with Gasteiger partial charge in [-0.1, -0.05) is 44.7 Å². The van der Waals surface area contributed by atoms with E-state index in [1.165, 1.54) is 63.5 Å². The number of alkyl halides is 3. The predicted octanol–water partition coefficient (Wildman–Crippen LogP) is 9.01. The van der Waals surface area contributed by atoms with E-state index in [-0.39, 0.29) is 0 Å². The van der Waals surface area contributed by atoms with E-state index in [9.17, 15) is 13.2 Å². The lowest BCUT2D eigenvalue weighted by molar-refractivity contribution is -0.137. The number of benzene rings is 1. The molecule has 0 amide bonds. The zero-order chi connectivity index (χ0) is 25.3. The van der Waals surface area contributed by atoms with Crippen LogP contribution in [-0.4, -0.2) is 13.2 Å². The Labute approximate surface area is 210 Å². The van der Waals surface area contributed by atoms with Crippen molar-refractivity contribution in [2.45, 2.75) is 109 Å². The maximum Gasteiger partial charge on any atom is 0.416 e. The number of nitrogens with two attached hydrogens (primary N) is 1. The molecule has 0 saturated heterocycles. The van der Waals surface area contributed by atoms with Crippen LogP contribution < -0.4 is 5.73 Å². The largest absolute Gasteiger partial charge is 0.499 e. The maximum atomic E-state index is 12.7. The second kappa shape index (κ2) is 13.2. The van der Waals surface area contributed by atoms with E-state index >= 15 is 0 Å². The second-order valence-corrected chi connectivity index (χ2v) is 11.0. The van der Waals surface area contributed by atoms with Crippen molar-refractivity contribution in [3.05, 3.63) is 47.2 Å². The van der Waals surface area contributed by atoms with Crippen LogP contribution in [0.5, 0.6) is 0 Å². The summed E-state index contributed by atoms with van der Waals surface area (Å²) in [7, 11) is 0. The third-order valence-electron chi connectivity index (χ3n) is 8.51. The van der Waals surface area contributed by atoms with Gasteiger partial charge >= 0.3 is 6.18 Å². The van der Waals surface area contributed by atoms with Gasteiger partial charge in [0.05, 0.1) is 17.9 Å². The molecule has 5 heteroatoms. The number of ether oxygens (including phenoxy) is 1. The molecule has 198 valence electrons. The summed E-state index contributed by atoms with van der Waals surface area (Å²) in [5.74, 6) is 2.98. The molecule has 2 atom stereocenters. The first-order valence-corrected chi connectivity index (χ1v) is 14.0. The van der Waals surface area contributed by atoms with Crippen molar-refractivity contribution >= 4 is 0 Å². The van der Waals surface area contributed by atoms with Crippen molar-refractivity contribution in [1.82, 2.24) is 0 Å². The van der Waals surface area contributed by atoms with Crippen LogP contribution in [0.1, 0.15) is 114 Å². The molecule has 0 heterocycles. The fourth-order valence-corrected chi connectivity index (χ4v) is 6.28. The Hall–Kier alpha value is -1.49. The Morgan fingerprint density at radius 2 is 1.69 bits per heavy atom. The first-order chi connectivity index (χ1) is 16.8. The topological polar surface area (TPSA) is 35.2 Å². The molecule has 0 radical (unpaired) electrons. The minimum Gasteiger partial charge on any atom is -0.499 e. The van der Waals surface area contributed by atoms with E-state index in [1.807, 2.05) is 6.92 Å². The van der Waals surface area contributed by atoms with Gasteiger partial charge in [-0.25, -0.2) is 0 Å². The monoisotopic (exact) mass is 493 g/mol. The van der Waals surface area contributed by atoms with Crippen LogP contribution in [-0.2, 0) is 10.9 Å². The summed E-state index contributed by atoms with van der Waals surface area (Å²) in [4.78, 5) is 0. The predicted molar refractivity (Wildman–Crippen MR) is 138 cm³/mol. The Balaban J connectivity index is 0.000000256. The quantitative estimate of drug-likeness (QED) is 0.367. The lowest BCUT2D eigenvalue weighted by Crippen LogP contribution is -2.26. The van der Waals surface area contributed by atoms with Crippen molar-refractivity contribution in [3.63, 3.8) is 0 Å². The minimum atomic E-state index is -4.26. The van der Waals surface area contributed by atoms with Gasteiger partial charge in [0.25, 0.3) is 0 Å². The first kappa shape index (κ1) is 28.1. The third kappa shape index (κ3) is 8.27. The highest BCUT2D eigenvalue weighted by molar-refractivity contribution is 5.27. The van der Waals surface area contributed by atoms with E-state index < -0.39 is 11.7 Å². The third-order valence-corrected chi connectivity index (χ3v) is 8.51. The van der Waals surface area contributed by atoms with Gasteiger partial charge in [0.1, 0.15) is 0 Å². The van der Waals surface area contributed by atoms with E-state index in [4.69, 9.17) is 10.5 Å². The normalized spacial score (nSPS) is 24.9. The standard InChI is InChI=1S/C20H27F3O.C10H19N/c1-3-6-19(24-4-2)14-15-7-5-8-17(13-15)16-9-11-18(12-10-16)20(21,22)23;11-8-10(6-7-10)9-4-2-1-3-5-9/h6,9-12,15,17H,3-5,7-8,13-14H2,1-2H3;9H,1-8,11H2/b19-6+;. The van der Waals surface area contributed by atoms with Crippen LogP contribution in [0.25, 0.3) is 0 Å². The van der Waals surface area contributed by atoms with Gasteiger partial charge in [0, 0.05) is 6.42 Å². The lowest BCUT2D eigenvalue weighted by Gasteiger charge is -2.30. The zero-order valence-electron chi connectivity index (χ0n) is 21.8. The zero-order valence-corrected chi connectivity index (χ0v) is 21.8. The summed E-state index contributed by atoms with van der Waals surface area (Å²) in [5.41, 5.74) is 6.90. The summed E-state index contributed by atoms with van der Waals surface area (Å²) in [6.07, 6.45) is 14.4. The molecule has 0 bridgehead atoms. The molecule has 35 heavy (non-hydrogen) atoms. The first-order valence-electron chi connectivity index (χ1n) is 14.0. The van der Waals surface area contributed by atoms with Crippen LogP contribution in [0.15, 0.2) is 36.1 Å². The van der Waals surface area contributed by atoms with Crippen LogP contribution in [0.3, 0.4) is 0 Å².